The van der Waals surface area contributed by atoms with Crippen LogP contribution in [0.3, 0.4) is 0 Å². The second-order valence-corrected chi connectivity index (χ2v) is 13.2. The average Bonchev–Trinajstić information content (AvgIpc) is 3.37. The van der Waals surface area contributed by atoms with Gasteiger partial charge in [0, 0.05) is 24.5 Å². The zero-order chi connectivity index (χ0) is 23.8. The molecule has 2 aromatic heterocycles. The third kappa shape index (κ3) is 4.98. The lowest BCUT2D eigenvalue weighted by atomic mass is 10.0. The Morgan fingerprint density at radius 1 is 1.24 bits per heavy atom. The molecule has 2 amide bonds. The number of anilines is 1. The predicted molar refractivity (Wildman–Crippen MR) is 132 cm³/mol. The van der Waals surface area contributed by atoms with Gasteiger partial charge in [-0.3, -0.25) is 14.5 Å². The molecular formula is C21H27ClN4O4S3. The van der Waals surface area contributed by atoms with E-state index in [0.29, 0.717) is 40.7 Å². The van der Waals surface area contributed by atoms with Crippen LogP contribution < -0.4 is 11.1 Å². The van der Waals surface area contributed by atoms with Gasteiger partial charge in [0.15, 0.2) is 0 Å². The lowest BCUT2D eigenvalue weighted by Gasteiger charge is -2.33. The van der Waals surface area contributed by atoms with Crippen LogP contribution in [0.5, 0.6) is 0 Å². The first-order chi connectivity index (χ1) is 15.7. The highest BCUT2D eigenvalue weighted by molar-refractivity contribution is 7.91. The topological polar surface area (TPSA) is 113 Å². The van der Waals surface area contributed by atoms with Crippen LogP contribution in [0.25, 0.3) is 0 Å². The van der Waals surface area contributed by atoms with Gasteiger partial charge in [-0.15, -0.1) is 22.7 Å². The van der Waals surface area contributed by atoms with Gasteiger partial charge in [-0.05, 0) is 49.9 Å². The van der Waals surface area contributed by atoms with Gasteiger partial charge in [-0.25, -0.2) is 8.42 Å². The highest BCUT2D eigenvalue weighted by Gasteiger charge is 2.39. The normalized spacial score (nSPS) is 19.9. The number of sulfonamides is 1. The zero-order valence-corrected chi connectivity index (χ0v) is 21.5. The number of carbonyl (C=O) groups is 2. The summed E-state index contributed by atoms with van der Waals surface area (Å²) in [6, 6.07) is 2.14. The molecule has 0 radical (unpaired) electrons. The third-order valence-corrected chi connectivity index (χ3v) is 10.8. The van der Waals surface area contributed by atoms with Gasteiger partial charge in [0.05, 0.1) is 9.90 Å². The van der Waals surface area contributed by atoms with Crippen molar-refractivity contribution in [1.82, 2.24) is 9.21 Å². The minimum absolute atomic E-state index is 0.118. The molecule has 0 aromatic carbocycles. The Labute approximate surface area is 206 Å². The molecule has 0 saturated carbocycles. The summed E-state index contributed by atoms with van der Waals surface area (Å²) in [6.45, 7) is 4.90. The molecule has 4 rings (SSSR count). The van der Waals surface area contributed by atoms with Gasteiger partial charge in [0.1, 0.15) is 15.3 Å². The number of piperidine rings is 1. The van der Waals surface area contributed by atoms with Crippen molar-refractivity contribution >= 4 is 61.1 Å². The van der Waals surface area contributed by atoms with Crippen molar-refractivity contribution in [2.45, 2.75) is 55.8 Å². The number of fused-ring (bicyclic) bond motifs is 1. The molecule has 1 atom stereocenters. The smallest absolute Gasteiger partial charge is 0.253 e. The molecule has 0 spiro atoms. The van der Waals surface area contributed by atoms with Gasteiger partial charge < -0.3 is 11.1 Å². The Morgan fingerprint density at radius 2 is 2.03 bits per heavy atom. The molecular weight excluding hydrogens is 504 g/mol. The fourth-order valence-electron chi connectivity index (χ4n) is 4.51. The molecule has 4 heterocycles. The summed E-state index contributed by atoms with van der Waals surface area (Å²) in [4.78, 5) is 28.9. The molecule has 1 saturated heterocycles. The van der Waals surface area contributed by atoms with Crippen LogP contribution in [-0.2, 0) is 27.8 Å². The number of hydrogen-bond acceptors (Lipinski definition) is 7. The summed E-state index contributed by atoms with van der Waals surface area (Å²) in [5, 5.41) is 3.27. The predicted octanol–water partition coefficient (Wildman–Crippen LogP) is 3.51. The van der Waals surface area contributed by atoms with Crippen LogP contribution in [0, 0.1) is 0 Å². The molecule has 2 aromatic rings. The summed E-state index contributed by atoms with van der Waals surface area (Å²) in [7, 11) is -3.86. The first-order valence-electron chi connectivity index (χ1n) is 11.0. The number of rotatable bonds is 7. The molecule has 0 bridgehead atoms. The molecule has 2 aliphatic heterocycles. The van der Waals surface area contributed by atoms with Crippen LogP contribution in [0.1, 0.15) is 53.4 Å². The summed E-state index contributed by atoms with van der Waals surface area (Å²) < 4.78 is 28.2. The monoisotopic (exact) mass is 530 g/mol. The maximum atomic E-state index is 13.3. The number of amides is 2. The van der Waals surface area contributed by atoms with E-state index in [1.54, 1.807) is 0 Å². The molecule has 3 N–H and O–H groups in total. The SMILES string of the molecule is CCCN1CCc2c(sc(NC(=O)C3CCCCN3S(=O)(=O)c3ccc(Cl)s3)c2C(N)=O)C1. The quantitative estimate of drug-likeness (QED) is 0.568. The second-order valence-electron chi connectivity index (χ2n) is 8.27. The van der Waals surface area contributed by atoms with Crippen LogP contribution in [0.15, 0.2) is 16.3 Å². The summed E-state index contributed by atoms with van der Waals surface area (Å²) in [5.74, 6) is -1.01. The Hall–Kier alpha value is -1.50. The van der Waals surface area contributed by atoms with E-state index in [9.17, 15) is 18.0 Å². The number of primary amides is 1. The van der Waals surface area contributed by atoms with E-state index < -0.39 is 27.9 Å². The number of nitrogens with one attached hydrogen (secondary N) is 1. The number of halogens is 1. The van der Waals surface area contributed by atoms with E-state index >= 15 is 0 Å². The molecule has 0 aliphatic carbocycles. The Balaban J connectivity index is 1.60. The largest absolute Gasteiger partial charge is 0.365 e. The van der Waals surface area contributed by atoms with Gasteiger partial charge in [-0.2, -0.15) is 4.31 Å². The van der Waals surface area contributed by atoms with Crippen LogP contribution in [0.4, 0.5) is 5.00 Å². The molecule has 8 nitrogen and oxygen atoms in total. The summed E-state index contributed by atoms with van der Waals surface area (Å²) >= 11 is 8.29. The standard InChI is InChI=1S/C21H27ClN4O4S3/c1-2-9-25-11-8-13-15(12-25)31-21(18(13)19(23)27)24-20(28)14-5-3-4-10-26(14)33(29,30)17-7-6-16(22)32-17/h6-7,14H,2-5,8-12H2,1H3,(H2,23,27)(H,24,28). The molecule has 1 unspecified atom stereocenters. The number of nitrogens with two attached hydrogens (primary N) is 1. The van der Waals surface area contributed by atoms with Crippen molar-refractivity contribution in [1.29, 1.82) is 0 Å². The first kappa shape index (κ1) is 24.6. The molecule has 33 heavy (non-hydrogen) atoms. The fourth-order valence-corrected chi connectivity index (χ4v) is 9.08. The second kappa shape index (κ2) is 10.0. The van der Waals surface area contributed by atoms with Gasteiger partial charge in [0.2, 0.25) is 5.91 Å². The maximum absolute atomic E-state index is 13.3. The van der Waals surface area contributed by atoms with E-state index in [1.165, 1.54) is 27.8 Å². The minimum Gasteiger partial charge on any atom is -0.365 e. The molecule has 12 heteroatoms. The lowest BCUT2D eigenvalue weighted by Crippen LogP contribution is -2.49. The number of carbonyl (C=O) groups excluding carboxylic acids is 2. The van der Waals surface area contributed by atoms with Gasteiger partial charge >= 0.3 is 0 Å². The first-order valence-corrected chi connectivity index (χ1v) is 14.4. The van der Waals surface area contributed by atoms with Crippen molar-refractivity contribution in [3.63, 3.8) is 0 Å². The minimum atomic E-state index is -3.86. The van der Waals surface area contributed by atoms with Crippen LogP contribution in [-0.4, -0.2) is 55.1 Å². The number of hydrogen-bond donors (Lipinski definition) is 2. The highest BCUT2D eigenvalue weighted by Crippen LogP contribution is 2.38. The molecule has 2 aliphatic rings. The van der Waals surface area contributed by atoms with Crippen molar-refractivity contribution in [2.24, 2.45) is 5.73 Å². The van der Waals surface area contributed by atoms with Crippen LogP contribution >= 0.6 is 34.3 Å². The van der Waals surface area contributed by atoms with Crippen molar-refractivity contribution in [2.75, 3.05) is 25.0 Å². The van der Waals surface area contributed by atoms with E-state index in [2.05, 4.69) is 17.1 Å². The van der Waals surface area contributed by atoms with E-state index in [-0.39, 0.29) is 10.8 Å². The lowest BCUT2D eigenvalue weighted by molar-refractivity contribution is -0.120. The van der Waals surface area contributed by atoms with Crippen molar-refractivity contribution in [3.05, 3.63) is 32.5 Å². The van der Waals surface area contributed by atoms with E-state index in [0.717, 1.165) is 47.7 Å². The van der Waals surface area contributed by atoms with Crippen LogP contribution in [0.2, 0.25) is 4.34 Å². The van der Waals surface area contributed by atoms with Gasteiger partial charge in [-0.1, -0.05) is 24.9 Å². The molecule has 180 valence electrons. The summed E-state index contributed by atoms with van der Waals surface area (Å²) in [5.41, 5.74) is 6.95. The Morgan fingerprint density at radius 3 is 2.70 bits per heavy atom. The Bertz CT molecular complexity index is 1160. The van der Waals surface area contributed by atoms with Crippen molar-refractivity contribution < 1.29 is 18.0 Å². The van der Waals surface area contributed by atoms with Crippen molar-refractivity contribution in [3.8, 4) is 0 Å². The number of nitrogens with zero attached hydrogens (tertiary/aromatic N) is 2. The fraction of sp³-hybridized carbons (Fsp3) is 0.524. The Kier molecular flexibility index (Phi) is 7.47. The summed E-state index contributed by atoms with van der Waals surface area (Å²) in [6.07, 6.45) is 3.56. The maximum Gasteiger partial charge on any atom is 0.253 e. The zero-order valence-electron chi connectivity index (χ0n) is 18.3. The van der Waals surface area contributed by atoms with E-state index in [4.69, 9.17) is 17.3 Å². The average molecular weight is 531 g/mol. The highest BCUT2D eigenvalue weighted by atomic mass is 35.5. The van der Waals surface area contributed by atoms with E-state index in [1.807, 2.05) is 0 Å². The third-order valence-electron chi connectivity index (χ3n) is 6.03. The van der Waals surface area contributed by atoms with Gasteiger partial charge in [0.25, 0.3) is 15.9 Å². The number of thiophene rings is 2. The molecule has 1 fully saturated rings.